The van der Waals surface area contributed by atoms with Gasteiger partial charge < -0.3 is 5.32 Å². The van der Waals surface area contributed by atoms with Crippen molar-refractivity contribution in [3.8, 4) is 0 Å². The summed E-state index contributed by atoms with van der Waals surface area (Å²) in [6.07, 6.45) is 5.13. The van der Waals surface area contributed by atoms with E-state index in [-0.39, 0.29) is 0 Å². The minimum absolute atomic E-state index is 0.356. The third kappa shape index (κ3) is 4.95. The quantitative estimate of drug-likeness (QED) is 0.753. The highest BCUT2D eigenvalue weighted by Crippen LogP contribution is 2.30. The fraction of sp³-hybridized carbons (Fsp3) is 0.647. The second-order valence-corrected chi connectivity index (χ2v) is 7.31. The van der Waals surface area contributed by atoms with Crippen LogP contribution in [0.2, 0.25) is 5.02 Å². The number of halogens is 2. The fourth-order valence-electron chi connectivity index (χ4n) is 3.13. The highest BCUT2D eigenvalue weighted by Gasteiger charge is 2.22. The summed E-state index contributed by atoms with van der Waals surface area (Å²) in [6, 6.07) is 7.21. The van der Waals surface area contributed by atoms with Crippen LogP contribution in [-0.2, 0) is 0 Å². The first-order valence-corrected chi connectivity index (χ1v) is 9.21. The van der Waals surface area contributed by atoms with Crippen molar-refractivity contribution in [2.24, 2.45) is 0 Å². The molecule has 2 atom stereocenters. The van der Waals surface area contributed by atoms with Crippen molar-refractivity contribution >= 4 is 27.5 Å². The summed E-state index contributed by atoms with van der Waals surface area (Å²) in [5, 5.41) is 4.51. The van der Waals surface area contributed by atoms with E-state index in [0.717, 1.165) is 29.1 Å². The Labute approximate surface area is 142 Å². The van der Waals surface area contributed by atoms with Gasteiger partial charge >= 0.3 is 0 Å². The minimum atomic E-state index is 0.356. The minimum Gasteiger partial charge on any atom is -0.313 e. The molecule has 1 aliphatic heterocycles. The Hall–Kier alpha value is -0.0900. The molecule has 0 spiro atoms. The number of rotatable bonds is 6. The molecule has 0 aliphatic carbocycles. The van der Waals surface area contributed by atoms with Crippen LogP contribution >= 0.6 is 27.5 Å². The summed E-state index contributed by atoms with van der Waals surface area (Å²) in [5.41, 5.74) is 1.23. The largest absolute Gasteiger partial charge is 0.313 e. The van der Waals surface area contributed by atoms with Crippen LogP contribution in [0.5, 0.6) is 0 Å². The van der Waals surface area contributed by atoms with Gasteiger partial charge in [0.05, 0.1) is 0 Å². The van der Waals surface area contributed by atoms with Gasteiger partial charge in [-0.05, 0) is 57.0 Å². The van der Waals surface area contributed by atoms with E-state index in [0.29, 0.717) is 12.1 Å². The number of piperidine rings is 1. The van der Waals surface area contributed by atoms with E-state index in [9.17, 15) is 0 Å². The molecule has 0 bridgehead atoms. The van der Waals surface area contributed by atoms with Crippen molar-refractivity contribution in [1.29, 1.82) is 0 Å². The third-order valence-corrected chi connectivity index (χ3v) is 5.16. The van der Waals surface area contributed by atoms with Crippen LogP contribution in [0.15, 0.2) is 22.7 Å². The van der Waals surface area contributed by atoms with Crippen LogP contribution in [-0.4, -0.2) is 30.6 Å². The van der Waals surface area contributed by atoms with Crippen LogP contribution in [0, 0.1) is 0 Å². The standard InChI is InChI=1S/C17H26BrClN2/c1-3-10-21(12-15-6-4-5-9-20-15)13(2)16-8-7-14(18)11-17(16)19/h7-8,11,13,15,20H,3-6,9-10,12H2,1-2H3. The maximum absolute atomic E-state index is 6.44. The smallest absolute Gasteiger partial charge is 0.0464 e. The average molecular weight is 374 g/mol. The van der Waals surface area contributed by atoms with Gasteiger partial charge in [-0.25, -0.2) is 0 Å². The SMILES string of the molecule is CCCN(CC1CCCCN1)C(C)c1ccc(Br)cc1Cl. The molecule has 1 saturated heterocycles. The molecule has 1 N–H and O–H groups in total. The molecule has 2 unspecified atom stereocenters. The molecule has 4 heteroatoms. The molecular formula is C17H26BrClN2. The second kappa shape index (κ2) is 8.52. The monoisotopic (exact) mass is 372 g/mol. The van der Waals surface area contributed by atoms with Gasteiger partial charge in [-0.2, -0.15) is 0 Å². The maximum atomic E-state index is 6.44. The van der Waals surface area contributed by atoms with Gasteiger partial charge in [-0.3, -0.25) is 4.90 Å². The first-order chi connectivity index (χ1) is 10.1. The predicted octanol–water partition coefficient (Wildman–Crippen LogP) is 5.02. The van der Waals surface area contributed by atoms with Crippen molar-refractivity contribution in [3.05, 3.63) is 33.3 Å². The summed E-state index contributed by atoms with van der Waals surface area (Å²) in [7, 11) is 0. The average Bonchev–Trinajstić information content (AvgIpc) is 2.47. The van der Waals surface area contributed by atoms with Gasteiger partial charge in [-0.15, -0.1) is 0 Å². The summed E-state index contributed by atoms with van der Waals surface area (Å²) in [5.74, 6) is 0. The van der Waals surface area contributed by atoms with Gasteiger partial charge in [0.15, 0.2) is 0 Å². The van der Waals surface area contributed by atoms with Gasteiger partial charge in [-0.1, -0.05) is 46.9 Å². The number of nitrogens with one attached hydrogen (secondary N) is 1. The van der Waals surface area contributed by atoms with E-state index in [2.05, 4.69) is 52.1 Å². The van der Waals surface area contributed by atoms with Gasteiger partial charge in [0.2, 0.25) is 0 Å². The van der Waals surface area contributed by atoms with Crippen molar-refractivity contribution < 1.29 is 0 Å². The lowest BCUT2D eigenvalue weighted by Gasteiger charge is -2.35. The van der Waals surface area contributed by atoms with E-state index in [1.165, 1.54) is 31.2 Å². The van der Waals surface area contributed by atoms with Crippen LogP contribution in [0.3, 0.4) is 0 Å². The Balaban J connectivity index is 2.08. The van der Waals surface area contributed by atoms with E-state index in [1.807, 2.05) is 6.07 Å². The molecule has 0 radical (unpaired) electrons. The Morgan fingerprint density at radius 2 is 2.24 bits per heavy atom. The van der Waals surface area contributed by atoms with Crippen molar-refractivity contribution in [2.75, 3.05) is 19.6 Å². The third-order valence-electron chi connectivity index (χ3n) is 4.34. The lowest BCUT2D eigenvalue weighted by Crippen LogP contribution is -2.44. The number of hydrogen-bond donors (Lipinski definition) is 1. The number of benzene rings is 1. The van der Waals surface area contributed by atoms with Gasteiger partial charge in [0.1, 0.15) is 0 Å². The Kier molecular flexibility index (Phi) is 7.00. The lowest BCUT2D eigenvalue weighted by molar-refractivity contribution is 0.176. The van der Waals surface area contributed by atoms with E-state index in [4.69, 9.17) is 11.6 Å². The van der Waals surface area contributed by atoms with Crippen molar-refractivity contribution in [1.82, 2.24) is 10.2 Å². The fourth-order valence-corrected chi connectivity index (χ4v) is 3.96. The zero-order valence-electron chi connectivity index (χ0n) is 13.0. The maximum Gasteiger partial charge on any atom is 0.0464 e. The molecule has 1 fully saturated rings. The van der Waals surface area contributed by atoms with Crippen LogP contribution < -0.4 is 5.32 Å². The number of hydrogen-bond acceptors (Lipinski definition) is 2. The molecule has 0 amide bonds. The Bertz CT molecular complexity index is 446. The van der Waals surface area contributed by atoms with Crippen LogP contribution in [0.4, 0.5) is 0 Å². The van der Waals surface area contributed by atoms with Crippen molar-refractivity contribution in [3.63, 3.8) is 0 Å². The summed E-state index contributed by atoms with van der Waals surface area (Å²) in [4.78, 5) is 2.57. The van der Waals surface area contributed by atoms with E-state index < -0.39 is 0 Å². The highest BCUT2D eigenvalue weighted by atomic mass is 79.9. The summed E-state index contributed by atoms with van der Waals surface area (Å²) >= 11 is 9.92. The molecule has 2 nitrogen and oxygen atoms in total. The molecule has 118 valence electrons. The molecule has 1 aliphatic rings. The molecule has 21 heavy (non-hydrogen) atoms. The van der Waals surface area contributed by atoms with Crippen LogP contribution in [0.1, 0.15) is 51.1 Å². The molecule has 1 aromatic carbocycles. The summed E-state index contributed by atoms with van der Waals surface area (Å²) < 4.78 is 1.04. The number of nitrogens with zero attached hydrogens (tertiary/aromatic N) is 1. The topological polar surface area (TPSA) is 15.3 Å². The predicted molar refractivity (Wildman–Crippen MR) is 95.1 cm³/mol. The Morgan fingerprint density at radius 3 is 2.86 bits per heavy atom. The zero-order valence-corrected chi connectivity index (χ0v) is 15.4. The Morgan fingerprint density at radius 1 is 1.43 bits per heavy atom. The first-order valence-electron chi connectivity index (χ1n) is 8.04. The van der Waals surface area contributed by atoms with Gasteiger partial charge in [0.25, 0.3) is 0 Å². The van der Waals surface area contributed by atoms with Crippen molar-refractivity contribution in [2.45, 2.75) is 51.6 Å². The second-order valence-electron chi connectivity index (χ2n) is 5.98. The van der Waals surface area contributed by atoms with E-state index >= 15 is 0 Å². The highest BCUT2D eigenvalue weighted by molar-refractivity contribution is 9.10. The molecule has 0 saturated carbocycles. The summed E-state index contributed by atoms with van der Waals surface area (Å²) in [6.45, 7) is 7.91. The molecule has 0 aromatic heterocycles. The molecule has 1 aromatic rings. The molecule has 2 rings (SSSR count). The van der Waals surface area contributed by atoms with Gasteiger partial charge in [0, 0.05) is 28.1 Å². The zero-order chi connectivity index (χ0) is 15.2. The molecule has 1 heterocycles. The molecular weight excluding hydrogens is 348 g/mol. The normalized spacial score (nSPS) is 20.7. The lowest BCUT2D eigenvalue weighted by atomic mass is 10.0. The van der Waals surface area contributed by atoms with E-state index in [1.54, 1.807) is 0 Å². The first kappa shape index (κ1) is 17.3. The van der Waals surface area contributed by atoms with Crippen LogP contribution in [0.25, 0.3) is 0 Å².